The molecule has 21 heavy (non-hydrogen) atoms. The summed E-state index contributed by atoms with van der Waals surface area (Å²) in [6.07, 6.45) is 2.40. The normalized spacial score (nSPS) is 23.0. The third-order valence-electron chi connectivity index (χ3n) is 3.96. The van der Waals surface area contributed by atoms with Crippen molar-refractivity contribution in [1.82, 2.24) is 10.3 Å². The largest absolute Gasteiger partial charge is 0.375 e. The highest BCUT2D eigenvalue weighted by Crippen LogP contribution is 2.31. The number of thiazole rings is 1. The van der Waals surface area contributed by atoms with E-state index in [1.807, 2.05) is 11.3 Å². The summed E-state index contributed by atoms with van der Waals surface area (Å²) in [5.41, 5.74) is 1.25. The second-order valence-corrected chi connectivity index (χ2v) is 7.18. The van der Waals surface area contributed by atoms with Crippen LogP contribution < -0.4 is 10.2 Å². The van der Waals surface area contributed by atoms with Crippen molar-refractivity contribution >= 4 is 16.5 Å². The van der Waals surface area contributed by atoms with Crippen molar-refractivity contribution < 1.29 is 4.74 Å². The van der Waals surface area contributed by atoms with Crippen LogP contribution in [-0.4, -0.2) is 36.3 Å². The van der Waals surface area contributed by atoms with Crippen molar-refractivity contribution in [3.05, 3.63) is 10.6 Å². The lowest BCUT2D eigenvalue weighted by Crippen LogP contribution is -2.48. The average molecular weight is 311 g/mol. The first kappa shape index (κ1) is 16.7. The summed E-state index contributed by atoms with van der Waals surface area (Å²) in [7, 11) is 0. The molecule has 1 N–H and O–H groups in total. The zero-order valence-corrected chi connectivity index (χ0v) is 14.8. The van der Waals surface area contributed by atoms with E-state index in [4.69, 9.17) is 9.72 Å². The molecule has 1 fully saturated rings. The third-order valence-corrected chi connectivity index (χ3v) is 5.09. The monoisotopic (exact) mass is 311 g/mol. The van der Waals surface area contributed by atoms with Crippen LogP contribution in [0.1, 0.15) is 51.6 Å². The Morgan fingerprint density at radius 2 is 2.19 bits per heavy atom. The highest BCUT2D eigenvalue weighted by atomic mass is 32.1. The molecule has 1 aromatic rings. The smallest absolute Gasteiger partial charge is 0.186 e. The molecule has 120 valence electrons. The number of nitrogens with zero attached hydrogens (tertiary/aromatic N) is 2. The molecule has 0 bridgehead atoms. The number of aromatic nitrogens is 1. The minimum atomic E-state index is 0.291. The first-order chi connectivity index (χ1) is 10.0. The highest BCUT2D eigenvalue weighted by molar-refractivity contribution is 7.15. The van der Waals surface area contributed by atoms with Gasteiger partial charge in [0.05, 0.1) is 24.4 Å². The molecule has 0 aliphatic carbocycles. The Balaban J connectivity index is 2.17. The van der Waals surface area contributed by atoms with Gasteiger partial charge in [-0.15, -0.1) is 11.3 Å². The molecule has 1 saturated heterocycles. The van der Waals surface area contributed by atoms with Gasteiger partial charge in [0.2, 0.25) is 0 Å². The fraction of sp³-hybridized carbons (Fsp3) is 0.812. The molecule has 0 saturated carbocycles. The van der Waals surface area contributed by atoms with Crippen LogP contribution in [0.25, 0.3) is 0 Å². The Kier molecular flexibility index (Phi) is 6.02. The summed E-state index contributed by atoms with van der Waals surface area (Å²) in [5, 5.41) is 4.69. The van der Waals surface area contributed by atoms with Gasteiger partial charge in [0.1, 0.15) is 0 Å². The van der Waals surface area contributed by atoms with Gasteiger partial charge in [-0.05, 0) is 19.8 Å². The Morgan fingerprint density at radius 3 is 2.81 bits per heavy atom. The van der Waals surface area contributed by atoms with Gasteiger partial charge in [-0.2, -0.15) is 0 Å². The molecule has 4 nitrogen and oxygen atoms in total. The first-order valence-corrected chi connectivity index (χ1v) is 8.96. The van der Waals surface area contributed by atoms with Gasteiger partial charge in [-0.3, -0.25) is 0 Å². The number of morpholine rings is 1. The molecule has 2 rings (SSSR count). The summed E-state index contributed by atoms with van der Waals surface area (Å²) in [4.78, 5) is 8.75. The van der Waals surface area contributed by atoms with Crippen molar-refractivity contribution in [1.29, 1.82) is 0 Å². The quantitative estimate of drug-likeness (QED) is 0.875. The van der Waals surface area contributed by atoms with Gasteiger partial charge < -0.3 is 15.0 Å². The molecule has 2 unspecified atom stereocenters. The van der Waals surface area contributed by atoms with Crippen LogP contribution in [0.3, 0.4) is 0 Å². The maximum absolute atomic E-state index is 5.80. The third kappa shape index (κ3) is 4.18. The number of hydrogen-bond acceptors (Lipinski definition) is 5. The molecule has 0 radical (unpaired) electrons. The van der Waals surface area contributed by atoms with Crippen molar-refractivity contribution in [2.45, 2.75) is 72.2 Å². The Hall–Kier alpha value is -0.650. The van der Waals surface area contributed by atoms with E-state index in [0.717, 1.165) is 32.5 Å². The van der Waals surface area contributed by atoms with Gasteiger partial charge in [0.25, 0.3) is 0 Å². The fourth-order valence-corrected chi connectivity index (χ4v) is 3.80. The van der Waals surface area contributed by atoms with Gasteiger partial charge in [-0.1, -0.05) is 27.7 Å². The molecule has 1 aliphatic heterocycles. The number of rotatable bonds is 6. The van der Waals surface area contributed by atoms with Gasteiger partial charge in [0.15, 0.2) is 5.13 Å². The molecule has 2 heterocycles. The predicted molar refractivity (Wildman–Crippen MR) is 90.3 cm³/mol. The summed E-state index contributed by atoms with van der Waals surface area (Å²) in [6, 6.07) is 0.968. The van der Waals surface area contributed by atoms with Crippen LogP contribution in [0.5, 0.6) is 0 Å². The second-order valence-electron chi connectivity index (χ2n) is 6.11. The van der Waals surface area contributed by atoms with E-state index in [1.165, 1.54) is 15.7 Å². The van der Waals surface area contributed by atoms with Crippen LogP contribution in [0, 0.1) is 0 Å². The number of anilines is 1. The molecular weight excluding hydrogens is 282 g/mol. The van der Waals surface area contributed by atoms with Crippen molar-refractivity contribution in [3.63, 3.8) is 0 Å². The fourth-order valence-electron chi connectivity index (χ4n) is 2.62. The van der Waals surface area contributed by atoms with E-state index >= 15 is 0 Å². The van der Waals surface area contributed by atoms with Crippen molar-refractivity contribution in [2.75, 3.05) is 18.1 Å². The lowest BCUT2D eigenvalue weighted by molar-refractivity contribution is 0.0299. The molecule has 0 amide bonds. The minimum absolute atomic E-state index is 0.291. The molecule has 1 aromatic heterocycles. The lowest BCUT2D eigenvalue weighted by Gasteiger charge is -2.38. The van der Waals surface area contributed by atoms with Crippen molar-refractivity contribution in [3.8, 4) is 0 Å². The maximum atomic E-state index is 5.80. The van der Waals surface area contributed by atoms with E-state index < -0.39 is 0 Å². The van der Waals surface area contributed by atoms with Crippen LogP contribution in [0.2, 0.25) is 0 Å². The average Bonchev–Trinajstić information content (AvgIpc) is 2.88. The molecule has 1 aliphatic rings. The predicted octanol–water partition coefficient (Wildman–Crippen LogP) is 3.21. The van der Waals surface area contributed by atoms with E-state index in [-0.39, 0.29) is 0 Å². The second kappa shape index (κ2) is 7.56. The van der Waals surface area contributed by atoms with E-state index in [2.05, 4.69) is 44.8 Å². The number of nitrogens with one attached hydrogen (secondary N) is 1. The Morgan fingerprint density at radius 1 is 1.43 bits per heavy atom. The van der Waals surface area contributed by atoms with Crippen LogP contribution in [0.4, 0.5) is 5.13 Å². The van der Waals surface area contributed by atoms with Gasteiger partial charge >= 0.3 is 0 Å². The highest BCUT2D eigenvalue weighted by Gasteiger charge is 2.28. The summed E-state index contributed by atoms with van der Waals surface area (Å²) in [6.45, 7) is 13.6. The summed E-state index contributed by atoms with van der Waals surface area (Å²) >= 11 is 1.85. The number of hydrogen-bond donors (Lipinski definition) is 1. The van der Waals surface area contributed by atoms with Crippen LogP contribution in [-0.2, 0) is 17.7 Å². The zero-order chi connectivity index (χ0) is 15.4. The van der Waals surface area contributed by atoms with Crippen LogP contribution in [0.15, 0.2) is 0 Å². The first-order valence-electron chi connectivity index (χ1n) is 8.15. The minimum Gasteiger partial charge on any atom is -0.375 e. The van der Waals surface area contributed by atoms with E-state index in [1.54, 1.807) is 0 Å². The standard InChI is InChI=1S/C16H29N3OS/c1-6-13-10-20-12(5)9-19(13)16-18-14(7-2)15(21-16)8-17-11(3)4/h11-13,17H,6-10H2,1-5H3. The molecular formula is C16H29N3OS. The maximum Gasteiger partial charge on any atom is 0.186 e. The molecule has 5 heteroatoms. The van der Waals surface area contributed by atoms with E-state index in [0.29, 0.717) is 18.2 Å². The van der Waals surface area contributed by atoms with Gasteiger partial charge in [0, 0.05) is 24.0 Å². The SMILES string of the molecule is CCc1nc(N2CC(C)OCC2CC)sc1CNC(C)C. The molecule has 0 aromatic carbocycles. The van der Waals surface area contributed by atoms with Crippen LogP contribution >= 0.6 is 11.3 Å². The number of aryl methyl sites for hydroxylation is 1. The lowest BCUT2D eigenvalue weighted by atomic mass is 10.1. The topological polar surface area (TPSA) is 37.4 Å². The zero-order valence-electron chi connectivity index (χ0n) is 14.0. The Bertz CT molecular complexity index is 447. The molecule has 2 atom stereocenters. The molecule has 0 spiro atoms. The summed E-state index contributed by atoms with van der Waals surface area (Å²) in [5.74, 6) is 0. The van der Waals surface area contributed by atoms with Crippen molar-refractivity contribution in [2.24, 2.45) is 0 Å². The van der Waals surface area contributed by atoms with Gasteiger partial charge in [-0.25, -0.2) is 4.98 Å². The van der Waals surface area contributed by atoms with E-state index in [9.17, 15) is 0 Å². The Labute approximate surface area is 132 Å². The number of ether oxygens (including phenoxy) is 1. The summed E-state index contributed by atoms with van der Waals surface area (Å²) < 4.78 is 5.80.